The third-order valence-corrected chi connectivity index (χ3v) is 4.68. The number of aryl methyl sites for hydroxylation is 1. The zero-order valence-electron chi connectivity index (χ0n) is 11.6. The van der Waals surface area contributed by atoms with E-state index in [-0.39, 0.29) is 11.3 Å². The fourth-order valence-electron chi connectivity index (χ4n) is 3.73. The Hall–Kier alpha value is -1.35. The van der Waals surface area contributed by atoms with Crippen LogP contribution in [-0.2, 0) is 11.2 Å². The molecule has 19 heavy (non-hydrogen) atoms. The molecule has 0 bridgehead atoms. The van der Waals surface area contributed by atoms with Crippen LogP contribution in [0.5, 0.6) is 0 Å². The lowest BCUT2D eigenvalue weighted by molar-refractivity contribution is -0.135. The number of hydrogen-bond acceptors (Lipinski definition) is 2. The predicted octanol–water partition coefficient (Wildman–Crippen LogP) is 2.34. The fourth-order valence-corrected chi connectivity index (χ4v) is 3.73. The molecule has 1 saturated carbocycles. The van der Waals surface area contributed by atoms with Gasteiger partial charge in [0.25, 0.3) is 0 Å². The van der Waals surface area contributed by atoms with E-state index in [9.17, 15) is 4.79 Å². The summed E-state index contributed by atoms with van der Waals surface area (Å²) in [6.07, 6.45) is 4.02. The van der Waals surface area contributed by atoms with Gasteiger partial charge in [0.1, 0.15) is 0 Å². The zero-order valence-corrected chi connectivity index (χ0v) is 11.6. The molecule has 102 valence electrons. The maximum absolute atomic E-state index is 12.9. The van der Waals surface area contributed by atoms with Gasteiger partial charge in [0.15, 0.2) is 0 Å². The predicted molar refractivity (Wildman–Crippen MR) is 77.0 cm³/mol. The Balaban J connectivity index is 1.89. The second kappa shape index (κ2) is 4.64. The molecule has 1 aromatic carbocycles. The summed E-state index contributed by atoms with van der Waals surface area (Å²) in [6, 6.07) is 8.27. The summed E-state index contributed by atoms with van der Waals surface area (Å²) in [4.78, 5) is 14.9. The molecule has 3 rings (SSSR count). The molecule has 2 aliphatic rings. The van der Waals surface area contributed by atoms with Crippen molar-refractivity contribution in [1.29, 1.82) is 0 Å². The number of carbonyl (C=O) groups excluding carboxylic acids is 1. The topological polar surface area (TPSA) is 46.3 Å². The number of nitrogens with zero attached hydrogens (tertiary/aromatic N) is 1. The molecule has 0 aromatic heterocycles. The minimum absolute atomic E-state index is 0.250. The standard InChI is InChI=1S/C16H22N2O/c1-12-9-16(10-12,11-17)15(19)18-8-4-6-13-5-2-3-7-14(13)18/h2-3,5,7,12H,4,6,8-11,17H2,1H3. The van der Waals surface area contributed by atoms with Crippen molar-refractivity contribution in [3.8, 4) is 0 Å². The summed E-state index contributed by atoms with van der Waals surface area (Å²) in [5.74, 6) is 0.882. The Bertz CT molecular complexity index is 491. The summed E-state index contributed by atoms with van der Waals surface area (Å²) >= 11 is 0. The van der Waals surface area contributed by atoms with Crippen molar-refractivity contribution in [1.82, 2.24) is 0 Å². The molecule has 1 aliphatic carbocycles. The third kappa shape index (κ3) is 1.96. The van der Waals surface area contributed by atoms with Crippen molar-refractivity contribution in [2.24, 2.45) is 17.1 Å². The average molecular weight is 258 g/mol. The van der Waals surface area contributed by atoms with Gasteiger partial charge < -0.3 is 10.6 Å². The fraction of sp³-hybridized carbons (Fsp3) is 0.562. The molecule has 1 aromatic rings. The number of anilines is 1. The van der Waals surface area contributed by atoms with Gasteiger partial charge in [-0.15, -0.1) is 0 Å². The minimum atomic E-state index is -0.288. The summed E-state index contributed by atoms with van der Waals surface area (Å²) < 4.78 is 0. The first kappa shape index (κ1) is 12.7. The van der Waals surface area contributed by atoms with Crippen LogP contribution < -0.4 is 10.6 Å². The lowest BCUT2D eigenvalue weighted by Gasteiger charge is -2.47. The van der Waals surface area contributed by atoms with Crippen LogP contribution >= 0.6 is 0 Å². The number of nitrogens with two attached hydrogens (primary N) is 1. The van der Waals surface area contributed by atoms with Crippen molar-refractivity contribution in [2.45, 2.75) is 32.6 Å². The smallest absolute Gasteiger partial charge is 0.234 e. The zero-order chi connectivity index (χ0) is 13.5. The lowest BCUT2D eigenvalue weighted by Crippen LogP contribution is -2.55. The van der Waals surface area contributed by atoms with Gasteiger partial charge in [0, 0.05) is 18.8 Å². The molecule has 2 N–H and O–H groups in total. The SMILES string of the molecule is CC1CC(CN)(C(=O)N2CCCc3ccccc32)C1. The van der Waals surface area contributed by atoms with Gasteiger partial charge in [0.2, 0.25) is 5.91 Å². The maximum atomic E-state index is 12.9. The molecule has 1 amide bonds. The van der Waals surface area contributed by atoms with Crippen LogP contribution in [0, 0.1) is 11.3 Å². The summed E-state index contributed by atoms with van der Waals surface area (Å²) in [5.41, 5.74) is 8.02. The molecule has 0 saturated heterocycles. The molecule has 0 spiro atoms. The minimum Gasteiger partial charge on any atom is -0.329 e. The maximum Gasteiger partial charge on any atom is 0.234 e. The first-order chi connectivity index (χ1) is 9.16. The highest BCUT2D eigenvalue weighted by Gasteiger charge is 2.49. The molecule has 0 radical (unpaired) electrons. The van der Waals surface area contributed by atoms with E-state index in [1.165, 1.54) is 5.56 Å². The molecule has 0 unspecified atom stereocenters. The van der Waals surface area contributed by atoms with Gasteiger partial charge in [0.05, 0.1) is 5.41 Å². The lowest BCUT2D eigenvalue weighted by atomic mass is 9.61. The first-order valence-electron chi connectivity index (χ1n) is 7.26. The van der Waals surface area contributed by atoms with E-state index >= 15 is 0 Å². The largest absolute Gasteiger partial charge is 0.329 e. The highest BCUT2D eigenvalue weighted by atomic mass is 16.2. The quantitative estimate of drug-likeness (QED) is 0.885. The first-order valence-corrected chi connectivity index (χ1v) is 7.26. The Labute approximate surface area is 114 Å². The van der Waals surface area contributed by atoms with Crippen LogP contribution in [0.25, 0.3) is 0 Å². The van der Waals surface area contributed by atoms with Gasteiger partial charge >= 0.3 is 0 Å². The molecule has 3 heteroatoms. The van der Waals surface area contributed by atoms with Gasteiger partial charge in [-0.25, -0.2) is 0 Å². The van der Waals surface area contributed by atoms with E-state index in [2.05, 4.69) is 25.1 Å². The summed E-state index contributed by atoms with van der Waals surface area (Å²) in [7, 11) is 0. The highest BCUT2D eigenvalue weighted by molar-refractivity contribution is 5.99. The number of rotatable bonds is 2. The molecular weight excluding hydrogens is 236 g/mol. The van der Waals surface area contributed by atoms with Gasteiger partial charge in [-0.1, -0.05) is 25.1 Å². The van der Waals surface area contributed by atoms with Crippen molar-refractivity contribution >= 4 is 11.6 Å². The van der Waals surface area contributed by atoms with Crippen molar-refractivity contribution in [2.75, 3.05) is 18.0 Å². The van der Waals surface area contributed by atoms with Crippen LogP contribution in [0.4, 0.5) is 5.69 Å². The Kier molecular flexibility index (Phi) is 3.09. The second-order valence-corrected chi connectivity index (χ2v) is 6.19. The molecule has 3 nitrogen and oxygen atoms in total. The van der Waals surface area contributed by atoms with E-state index < -0.39 is 0 Å². The van der Waals surface area contributed by atoms with E-state index in [4.69, 9.17) is 5.73 Å². The van der Waals surface area contributed by atoms with Gasteiger partial charge in [-0.3, -0.25) is 4.79 Å². The summed E-state index contributed by atoms with van der Waals surface area (Å²) in [6.45, 7) is 3.52. The van der Waals surface area contributed by atoms with E-state index in [0.717, 1.165) is 37.9 Å². The van der Waals surface area contributed by atoms with Crippen molar-refractivity contribution < 1.29 is 4.79 Å². The Morgan fingerprint density at radius 2 is 2.16 bits per heavy atom. The van der Waals surface area contributed by atoms with Crippen LogP contribution in [-0.4, -0.2) is 19.0 Å². The number of para-hydroxylation sites is 1. The molecule has 1 fully saturated rings. The Morgan fingerprint density at radius 3 is 2.84 bits per heavy atom. The molecule has 1 heterocycles. The normalized spacial score (nSPS) is 29.6. The van der Waals surface area contributed by atoms with E-state index in [1.807, 2.05) is 11.0 Å². The van der Waals surface area contributed by atoms with Crippen molar-refractivity contribution in [3.63, 3.8) is 0 Å². The average Bonchev–Trinajstić information content (AvgIpc) is 2.42. The number of hydrogen-bond donors (Lipinski definition) is 1. The molecule has 1 aliphatic heterocycles. The monoisotopic (exact) mass is 258 g/mol. The molecular formula is C16H22N2O. The highest BCUT2D eigenvalue weighted by Crippen LogP contribution is 2.47. The summed E-state index contributed by atoms with van der Waals surface area (Å²) in [5, 5.41) is 0. The molecule has 0 atom stereocenters. The second-order valence-electron chi connectivity index (χ2n) is 6.19. The number of carbonyl (C=O) groups is 1. The van der Waals surface area contributed by atoms with Crippen molar-refractivity contribution in [3.05, 3.63) is 29.8 Å². The van der Waals surface area contributed by atoms with E-state index in [0.29, 0.717) is 12.5 Å². The van der Waals surface area contributed by atoms with Gasteiger partial charge in [-0.2, -0.15) is 0 Å². The Morgan fingerprint density at radius 1 is 1.42 bits per heavy atom. The van der Waals surface area contributed by atoms with Crippen LogP contribution in [0.15, 0.2) is 24.3 Å². The van der Waals surface area contributed by atoms with E-state index in [1.54, 1.807) is 0 Å². The van der Waals surface area contributed by atoms with Gasteiger partial charge in [-0.05, 0) is 43.2 Å². The number of benzene rings is 1. The number of amides is 1. The van der Waals surface area contributed by atoms with Crippen LogP contribution in [0.2, 0.25) is 0 Å². The van der Waals surface area contributed by atoms with Crippen LogP contribution in [0.3, 0.4) is 0 Å². The third-order valence-electron chi connectivity index (χ3n) is 4.68. The number of fused-ring (bicyclic) bond motifs is 1. The van der Waals surface area contributed by atoms with Crippen LogP contribution in [0.1, 0.15) is 31.7 Å².